The van der Waals surface area contributed by atoms with Gasteiger partial charge in [-0.2, -0.15) is 0 Å². The summed E-state index contributed by atoms with van der Waals surface area (Å²) in [4.78, 5) is 27.8. The van der Waals surface area contributed by atoms with E-state index in [-0.39, 0.29) is 18.4 Å². The van der Waals surface area contributed by atoms with Gasteiger partial charge in [-0.15, -0.1) is 0 Å². The molecule has 0 bridgehead atoms. The minimum Gasteiger partial charge on any atom is -0.493 e. The molecule has 1 heterocycles. The van der Waals surface area contributed by atoms with Crippen molar-refractivity contribution in [2.24, 2.45) is 0 Å². The molecule has 3 aromatic rings. The van der Waals surface area contributed by atoms with Gasteiger partial charge in [0.2, 0.25) is 0 Å². The van der Waals surface area contributed by atoms with E-state index >= 15 is 0 Å². The van der Waals surface area contributed by atoms with Crippen molar-refractivity contribution in [1.82, 2.24) is 4.90 Å². The van der Waals surface area contributed by atoms with Crippen LogP contribution in [-0.2, 0) is 16.0 Å². The summed E-state index contributed by atoms with van der Waals surface area (Å²) in [5.74, 6) is 0.542. The van der Waals surface area contributed by atoms with Gasteiger partial charge in [-0.1, -0.05) is 78.1 Å². The molecule has 38 heavy (non-hydrogen) atoms. The zero-order chi connectivity index (χ0) is 27.2. The van der Waals surface area contributed by atoms with Gasteiger partial charge in [-0.25, -0.2) is 0 Å². The maximum absolute atomic E-state index is 13.0. The van der Waals surface area contributed by atoms with Crippen molar-refractivity contribution in [2.75, 3.05) is 25.6 Å². The normalized spacial score (nSPS) is 14.2. The second-order valence-corrected chi connectivity index (χ2v) is 10.8. The molecule has 1 fully saturated rings. The van der Waals surface area contributed by atoms with Gasteiger partial charge < -0.3 is 14.8 Å². The molecule has 0 radical (unpaired) electrons. The van der Waals surface area contributed by atoms with Crippen LogP contribution >= 0.6 is 24.0 Å². The fourth-order valence-corrected chi connectivity index (χ4v) is 5.63. The number of nitrogens with zero attached hydrogens (tertiary/aromatic N) is 1. The van der Waals surface area contributed by atoms with Crippen LogP contribution in [0.1, 0.15) is 27.8 Å². The Morgan fingerprint density at radius 1 is 1.03 bits per heavy atom. The van der Waals surface area contributed by atoms with Crippen LogP contribution in [0.5, 0.6) is 11.5 Å². The van der Waals surface area contributed by atoms with Crippen LogP contribution in [0.4, 0.5) is 5.69 Å². The third kappa shape index (κ3) is 6.62. The SMILES string of the molecule is COc1cc(/C=C2\SC(=S)N(CCc3ccccc3)C2=O)ccc1OCC(=O)Nc1c(C)cc(C)cc1C. The van der Waals surface area contributed by atoms with Gasteiger partial charge in [-0.05, 0) is 67.7 Å². The Morgan fingerprint density at radius 3 is 2.42 bits per heavy atom. The third-order valence-corrected chi connectivity index (χ3v) is 7.50. The highest BCUT2D eigenvalue weighted by atomic mass is 32.2. The second-order valence-electron chi connectivity index (χ2n) is 9.09. The van der Waals surface area contributed by atoms with E-state index in [1.54, 1.807) is 23.1 Å². The number of hydrogen-bond acceptors (Lipinski definition) is 6. The predicted octanol–water partition coefficient (Wildman–Crippen LogP) is 6.08. The largest absolute Gasteiger partial charge is 0.493 e. The fourth-order valence-electron chi connectivity index (χ4n) is 4.32. The van der Waals surface area contributed by atoms with E-state index in [9.17, 15) is 9.59 Å². The first kappa shape index (κ1) is 27.4. The lowest BCUT2D eigenvalue weighted by atomic mass is 10.1. The monoisotopic (exact) mass is 546 g/mol. The molecule has 0 spiro atoms. The smallest absolute Gasteiger partial charge is 0.266 e. The summed E-state index contributed by atoms with van der Waals surface area (Å²) >= 11 is 6.76. The van der Waals surface area contributed by atoms with Crippen molar-refractivity contribution in [3.63, 3.8) is 0 Å². The number of nitrogens with one attached hydrogen (secondary N) is 1. The minimum atomic E-state index is -0.259. The van der Waals surface area contributed by atoms with Crippen LogP contribution in [0.25, 0.3) is 6.08 Å². The van der Waals surface area contributed by atoms with Crippen LogP contribution < -0.4 is 14.8 Å². The summed E-state index contributed by atoms with van der Waals surface area (Å²) in [6.07, 6.45) is 2.53. The lowest BCUT2D eigenvalue weighted by Crippen LogP contribution is -2.30. The Bertz CT molecular complexity index is 1380. The average Bonchev–Trinajstić information content (AvgIpc) is 3.16. The van der Waals surface area contributed by atoms with Crippen molar-refractivity contribution in [2.45, 2.75) is 27.2 Å². The summed E-state index contributed by atoms with van der Waals surface area (Å²) < 4.78 is 11.8. The molecule has 196 valence electrons. The van der Waals surface area contributed by atoms with Gasteiger partial charge in [0.25, 0.3) is 11.8 Å². The van der Waals surface area contributed by atoms with Gasteiger partial charge in [0.15, 0.2) is 18.1 Å². The molecule has 8 heteroatoms. The van der Waals surface area contributed by atoms with Crippen LogP contribution in [-0.4, -0.2) is 41.3 Å². The molecule has 3 aromatic carbocycles. The minimum absolute atomic E-state index is 0.103. The lowest BCUT2D eigenvalue weighted by Gasteiger charge is -2.15. The molecule has 1 N–H and O–H groups in total. The predicted molar refractivity (Wildman–Crippen MR) is 158 cm³/mol. The summed E-state index contributed by atoms with van der Waals surface area (Å²) in [6.45, 7) is 6.33. The molecule has 6 nitrogen and oxygen atoms in total. The van der Waals surface area contributed by atoms with Crippen molar-refractivity contribution < 1.29 is 19.1 Å². The molecular weight excluding hydrogens is 516 g/mol. The molecule has 0 aliphatic carbocycles. The van der Waals surface area contributed by atoms with Gasteiger partial charge in [-0.3, -0.25) is 14.5 Å². The van der Waals surface area contributed by atoms with Gasteiger partial charge >= 0.3 is 0 Å². The van der Waals surface area contributed by atoms with E-state index in [2.05, 4.69) is 5.32 Å². The van der Waals surface area contributed by atoms with Crippen LogP contribution in [0, 0.1) is 20.8 Å². The number of thioether (sulfide) groups is 1. The summed E-state index contributed by atoms with van der Waals surface area (Å²) in [5, 5.41) is 2.94. The lowest BCUT2D eigenvalue weighted by molar-refractivity contribution is -0.122. The molecule has 4 rings (SSSR count). The zero-order valence-electron chi connectivity index (χ0n) is 21.9. The first-order chi connectivity index (χ1) is 18.2. The molecule has 2 amide bonds. The Labute approximate surface area is 233 Å². The standard InChI is InChI=1S/C30H30N2O4S2/c1-19-14-20(2)28(21(3)15-19)31-27(33)18-36-24-11-10-23(16-25(24)35-4)17-26-29(34)32(30(37)38-26)13-12-22-8-6-5-7-9-22/h5-11,14-17H,12-13,18H2,1-4H3,(H,31,33)/b26-17-. The highest BCUT2D eigenvalue weighted by Crippen LogP contribution is 2.35. The molecule has 0 saturated carbocycles. The van der Waals surface area contributed by atoms with Crippen molar-refractivity contribution in [3.8, 4) is 11.5 Å². The highest BCUT2D eigenvalue weighted by Gasteiger charge is 2.31. The van der Waals surface area contributed by atoms with E-state index < -0.39 is 0 Å². The van der Waals surface area contributed by atoms with Gasteiger partial charge in [0.05, 0.1) is 12.0 Å². The number of methoxy groups -OCH3 is 1. The van der Waals surface area contributed by atoms with E-state index in [0.29, 0.717) is 27.3 Å². The topological polar surface area (TPSA) is 67.9 Å². The number of anilines is 1. The molecule has 0 aromatic heterocycles. The molecule has 0 atom stereocenters. The quantitative estimate of drug-likeness (QED) is 0.259. The Balaban J connectivity index is 1.40. The number of rotatable bonds is 9. The van der Waals surface area contributed by atoms with E-state index in [4.69, 9.17) is 21.7 Å². The van der Waals surface area contributed by atoms with Crippen molar-refractivity contribution in [3.05, 3.63) is 93.4 Å². The third-order valence-electron chi connectivity index (χ3n) is 6.13. The number of amides is 2. The molecule has 0 unspecified atom stereocenters. The Hall–Kier alpha value is -3.62. The number of carbonyl (C=O) groups is 2. The number of benzene rings is 3. The van der Waals surface area contributed by atoms with E-state index in [1.807, 2.05) is 69.3 Å². The summed E-state index contributed by atoms with van der Waals surface area (Å²) in [6, 6.07) is 19.4. The van der Waals surface area contributed by atoms with Crippen molar-refractivity contribution >= 4 is 51.9 Å². The van der Waals surface area contributed by atoms with Crippen LogP contribution in [0.2, 0.25) is 0 Å². The Kier molecular flexibility index (Phi) is 8.86. The van der Waals surface area contributed by atoms with E-state index in [1.165, 1.54) is 18.9 Å². The molecule has 1 saturated heterocycles. The second kappa shape index (κ2) is 12.3. The van der Waals surface area contributed by atoms with Gasteiger partial charge in [0.1, 0.15) is 4.32 Å². The number of ether oxygens (including phenoxy) is 2. The fraction of sp³-hybridized carbons (Fsp3) is 0.233. The van der Waals surface area contributed by atoms with Crippen molar-refractivity contribution in [1.29, 1.82) is 0 Å². The first-order valence-electron chi connectivity index (χ1n) is 12.2. The Morgan fingerprint density at radius 2 is 1.74 bits per heavy atom. The number of thiocarbonyl (C=S) groups is 1. The maximum atomic E-state index is 13.0. The van der Waals surface area contributed by atoms with Crippen LogP contribution in [0.15, 0.2) is 65.6 Å². The summed E-state index contributed by atoms with van der Waals surface area (Å²) in [5.41, 5.74) is 5.88. The molecule has 1 aliphatic heterocycles. The number of carbonyl (C=O) groups excluding carboxylic acids is 2. The zero-order valence-corrected chi connectivity index (χ0v) is 23.5. The maximum Gasteiger partial charge on any atom is 0.266 e. The summed E-state index contributed by atoms with van der Waals surface area (Å²) in [7, 11) is 1.54. The number of aryl methyl sites for hydroxylation is 3. The highest BCUT2D eigenvalue weighted by molar-refractivity contribution is 8.26. The molecule has 1 aliphatic rings. The average molecular weight is 547 g/mol. The first-order valence-corrected chi connectivity index (χ1v) is 13.5. The molecular formula is C30H30N2O4S2. The van der Waals surface area contributed by atoms with E-state index in [0.717, 1.165) is 39.9 Å². The number of hydrogen-bond donors (Lipinski definition) is 1. The van der Waals surface area contributed by atoms with Gasteiger partial charge in [0, 0.05) is 12.2 Å². The van der Waals surface area contributed by atoms with Crippen LogP contribution in [0.3, 0.4) is 0 Å².